The standard InChI is InChI=1S/C24H38N4O2.2ClH/c1-19-10-14-28(18-20-7-5-11-25-17-20)24(30)22(19)23(29)27-13-6-12-26(15-16-27)21-8-3-2-4-9-21;;/h10,14,20-21,25H,2-9,11-13,15-18H2,1H3;2*1H. The number of hydrogen-bond acceptors (Lipinski definition) is 4. The van der Waals surface area contributed by atoms with E-state index in [1.807, 2.05) is 24.1 Å². The van der Waals surface area contributed by atoms with E-state index >= 15 is 0 Å². The first kappa shape index (κ1) is 27.2. The summed E-state index contributed by atoms with van der Waals surface area (Å²) in [6.07, 6.45) is 11.8. The summed E-state index contributed by atoms with van der Waals surface area (Å²) in [7, 11) is 0. The van der Waals surface area contributed by atoms with Crippen LogP contribution >= 0.6 is 24.8 Å². The number of rotatable bonds is 4. The average Bonchev–Trinajstić information content (AvgIpc) is 3.03. The molecule has 1 aromatic rings. The molecule has 182 valence electrons. The van der Waals surface area contributed by atoms with Gasteiger partial charge in [-0.15, -0.1) is 24.8 Å². The van der Waals surface area contributed by atoms with Gasteiger partial charge >= 0.3 is 0 Å². The minimum atomic E-state index is -0.112. The van der Waals surface area contributed by atoms with Gasteiger partial charge in [0.05, 0.1) is 0 Å². The maximum Gasteiger partial charge on any atom is 0.263 e. The number of hydrogen-bond donors (Lipinski definition) is 1. The van der Waals surface area contributed by atoms with Gasteiger partial charge < -0.3 is 14.8 Å². The summed E-state index contributed by atoms with van der Waals surface area (Å²) in [4.78, 5) is 31.2. The Kier molecular flexibility index (Phi) is 11.0. The number of amides is 1. The van der Waals surface area contributed by atoms with E-state index in [1.54, 1.807) is 4.57 Å². The van der Waals surface area contributed by atoms with Crippen molar-refractivity contribution in [1.29, 1.82) is 0 Å². The molecule has 3 fully saturated rings. The van der Waals surface area contributed by atoms with E-state index < -0.39 is 0 Å². The van der Waals surface area contributed by atoms with Crippen molar-refractivity contribution in [2.24, 2.45) is 5.92 Å². The van der Waals surface area contributed by atoms with Crippen LogP contribution in [-0.2, 0) is 6.54 Å². The lowest BCUT2D eigenvalue weighted by Crippen LogP contribution is -2.42. The first-order valence-electron chi connectivity index (χ1n) is 12.1. The Morgan fingerprint density at radius 2 is 1.78 bits per heavy atom. The van der Waals surface area contributed by atoms with Gasteiger partial charge in [-0.1, -0.05) is 19.3 Å². The maximum absolute atomic E-state index is 13.4. The lowest BCUT2D eigenvalue weighted by molar-refractivity contribution is 0.0751. The maximum atomic E-state index is 13.4. The molecule has 0 radical (unpaired) electrons. The normalized spacial score (nSPS) is 23.0. The lowest BCUT2D eigenvalue weighted by Gasteiger charge is -2.33. The molecule has 1 N–H and O–H groups in total. The number of nitrogens with zero attached hydrogens (tertiary/aromatic N) is 3. The molecule has 1 atom stereocenters. The highest BCUT2D eigenvalue weighted by atomic mass is 35.5. The quantitative estimate of drug-likeness (QED) is 0.707. The van der Waals surface area contributed by atoms with E-state index in [4.69, 9.17) is 0 Å². The molecular formula is C24H40Cl2N4O2. The zero-order valence-corrected chi connectivity index (χ0v) is 21.0. The van der Waals surface area contributed by atoms with Gasteiger partial charge in [-0.05, 0) is 69.7 Å². The third-order valence-corrected chi connectivity index (χ3v) is 7.35. The van der Waals surface area contributed by atoms with E-state index in [1.165, 1.54) is 32.1 Å². The van der Waals surface area contributed by atoms with Gasteiger partial charge in [-0.2, -0.15) is 0 Å². The van der Waals surface area contributed by atoms with E-state index in [2.05, 4.69) is 10.2 Å². The summed E-state index contributed by atoms with van der Waals surface area (Å²) in [5.41, 5.74) is 1.07. The fourth-order valence-corrected chi connectivity index (χ4v) is 5.54. The Morgan fingerprint density at radius 1 is 1.00 bits per heavy atom. The van der Waals surface area contributed by atoms with Crippen molar-refractivity contribution in [3.63, 3.8) is 0 Å². The van der Waals surface area contributed by atoms with Crippen molar-refractivity contribution in [1.82, 2.24) is 19.7 Å². The molecule has 2 aliphatic heterocycles. The number of aryl methyl sites for hydroxylation is 1. The Hall–Kier alpha value is -1.08. The number of pyridine rings is 1. The predicted molar refractivity (Wildman–Crippen MR) is 134 cm³/mol. The molecule has 3 aliphatic rings. The molecule has 1 aromatic heterocycles. The smallest absolute Gasteiger partial charge is 0.263 e. The van der Waals surface area contributed by atoms with Gasteiger partial charge in [0, 0.05) is 45.0 Å². The molecular weight excluding hydrogens is 447 g/mol. The largest absolute Gasteiger partial charge is 0.337 e. The summed E-state index contributed by atoms with van der Waals surface area (Å²) in [6, 6.07) is 2.63. The van der Waals surface area contributed by atoms with Crippen LogP contribution in [0.2, 0.25) is 0 Å². The molecule has 32 heavy (non-hydrogen) atoms. The number of carbonyl (C=O) groups excluding carboxylic acids is 1. The molecule has 0 spiro atoms. The average molecular weight is 488 g/mol. The fourth-order valence-electron chi connectivity index (χ4n) is 5.54. The molecule has 2 saturated heterocycles. The molecule has 4 rings (SSSR count). The molecule has 8 heteroatoms. The summed E-state index contributed by atoms with van der Waals surface area (Å²) >= 11 is 0. The van der Waals surface area contributed by atoms with Crippen molar-refractivity contribution < 1.29 is 4.79 Å². The number of halogens is 2. The summed E-state index contributed by atoms with van der Waals surface area (Å²) in [6.45, 7) is 8.10. The molecule has 1 amide bonds. The topological polar surface area (TPSA) is 57.6 Å². The molecule has 1 aliphatic carbocycles. The molecule has 3 heterocycles. The van der Waals surface area contributed by atoms with Gasteiger partial charge in [-0.3, -0.25) is 14.5 Å². The van der Waals surface area contributed by atoms with Crippen LogP contribution in [0.4, 0.5) is 0 Å². The molecule has 1 saturated carbocycles. The number of nitrogens with one attached hydrogen (secondary N) is 1. The van der Waals surface area contributed by atoms with E-state index in [0.29, 0.717) is 24.1 Å². The van der Waals surface area contributed by atoms with Crippen LogP contribution in [0.1, 0.15) is 67.3 Å². The van der Waals surface area contributed by atoms with Gasteiger partial charge in [0.15, 0.2) is 0 Å². The van der Waals surface area contributed by atoms with Crippen molar-refractivity contribution in [2.75, 3.05) is 39.3 Å². The summed E-state index contributed by atoms with van der Waals surface area (Å²) < 4.78 is 1.77. The Balaban J connectivity index is 0.00000181. The third-order valence-electron chi connectivity index (χ3n) is 7.35. The van der Waals surface area contributed by atoms with Crippen molar-refractivity contribution in [3.05, 3.63) is 33.7 Å². The number of carbonyl (C=O) groups is 1. The molecule has 1 unspecified atom stereocenters. The fraction of sp³-hybridized carbons (Fsp3) is 0.750. The van der Waals surface area contributed by atoms with E-state index in [-0.39, 0.29) is 36.3 Å². The highest BCUT2D eigenvalue weighted by molar-refractivity contribution is 5.95. The van der Waals surface area contributed by atoms with Crippen LogP contribution in [0.15, 0.2) is 17.1 Å². The SMILES string of the molecule is Cc1ccn(CC2CCCNC2)c(=O)c1C(=O)N1CCCN(C2CCCCC2)CC1.Cl.Cl. The predicted octanol–water partition coefficient (Wildman–Crippen LogP) is 3.48. The van der Waals surface area contributed by atoms with E-state index in [9.17, 15) is 9.59 Å². The number of aromatic nitrogens is 1. The van der Waals surface area contributed by atoms with Gasteiger partial charge in [0.2, 0.25) is 0 Å². The van der Waals surface area contributed by atoms with Gasteiger partial charge in [0.1, 0.15) is 5.56 Å². The van der Waals surface area contributed by atoms with Gasteiger partial charge in [-0.25, -0.2) is 0 Å². The Bertz CT molecular complexity index is 789. The monoisotopic (exact) mass is 486 g/mol. The summed E-state index contributed by atoms with van der Waals surface area (Å²) in [5, 5.41) is 3.42. The Labute approximate surface area is 204 Å². The van der Waals surface area contributed by atoms with Crippen molar-refractivity contribution in [3.8, 4) is 0 Å². The highest BCUT2D eigenvalue weighted by Gasteiger charge is 2.28. The van der Waals surface area contributed by atoms with E-state index in [0.717, 1.165) is 64.1 Å². The lowest BCUT2D eigenvalue weighted by atomic mass is 9.94. The molecule has 0 bridgehead atoms. The first-order chi connectivity index (χ1) is 14.6. The molecule has 6 nitrogen and oxygen atoms in total. The third kappa shape index (κ3) is 6.49. The second kappa shape index (κ2) is 13.0. The van der Waals surface area contributed by atoms with Crippen molar-refractivity contribution >= 4 is 30.7 Å². The minimum absolute atomic E-state index is 0. The van der Waals surface area contributed by atoms with Crippen LogP contribution in [0.25, 0.3) is 0 Å². The van der Waals surface area contributed by atoms with Crippen LogP contribution in [0.5, 0.6) is 0 Å². The second-order valence-corrected chi connectivity index (χ2v) is 9.52. The van der Waals surface area contributed by atoms with Crippen molar-refractivity contribution in [2.45, 2.75) is 70.9 Å². The first-order valence-corrected chi connectivity index (χ1v) is 12.1. The van der Waals surface area contributed by atoms with Crippen LogP contribution in [0, 0.1) is 12.8 Å². The molecule has 0 aromatic carbocycles. The zero-order valence-electron chi connectivity index (χ0n) is 19.4. The van der Waals surface area contributed by atoms with Crippen LogP contribution in [-0.4, -0.2) is 65.6 Å². The van der Waals surface area contributed by atoms with Crippen LogP contribution in [0.3, 0.4) is 0 Å². The zero-order chi connectivity index (χ0) is 20.9. The van der Waals surface area contributed by atoms with Crippen LogP contribution < -0.4 is 10.9 Å². The Morgan fingerprint density at radius 3 is 2.50 bits per heavy atom. The second-order valence-electron chi connectivity index (χ2n) is 9.52. The number of piperidine rings is 1. The summed E-state index contributed by atoms with van der Waals surface area (Å²) in [5.74, 6) is 0.392. The highest BCUT2D eigenvalue weighted by Crippen LogP contribution is 2.24. The minimum Gasteiger partial charge on any atom is -0.337 e. The van der Waals surface area contributed by atoms with Gasteiger partial charge in [0.25, 0.3) is 11.5 Å².